The SMILES string of the molecule is CC(C)C(O)CNC(=O)c1cn(Cc2cccc(F)c2)nn1. The fourth-order valence-electron chi connectivity index (χ4n) is 1.83. The molecule has 0 saturated carbocycles. The van der Waals surface area contributed by atoms with E-state index < -0.39 is 12.0 Å². The van der Waals surface area contributed by atoms with Gasteiger partial charge in [-0.25, -0.2) is 9.07 Å². The third-order valence-electron chi connectivity index (χ3n) is 3.25. The molecule has 1 aromatic carbocycles. The smallest absolute Gasteiger partial charge is 0.273 e. The fourth-order valence-corrected chi connectivity index (χ4v) is 1.83. The highest BCUT2D eigenvalue weighted by atomic mass is 19.1. The van der Waals surface area contributed by atoms with Crippen LogP contribution in [0.5, 0.6) is 0 Å². The number of nitrogens with one attached hydrogen (secondary N) is 1. The zero-order valence-electron chi connectivity index (χ0n) is 12.5. The van der Waals surface area contributed by atoms with E-state index in [9.17, 15) is 14.3 Å². The molecule has 2 N–H and O–H groups in total. The third-order valence-corrected chi connectivity index (χ3v) is 3.25. The minimum atomic E-state index is -0.605. The number of carbonyl (C=O) groups excluding carboxylic acids is 1. The lowest BCUT2D eigenvalue weighted by atomic mass is 10.1. The second kappa shape index (κ2) is 7.13. The summed E-state index contributed by atoms with van der Waals surface area (Å²) < 4.78 is 14.6. The maximum absolute atomic E-state index is 13.1. The number of rotatable bonds is 6. The molecule has 1 atom stereocenters. The van der Waals surface area contributed by atoms with Crippen LogP contribution in [0.1, 0.15) is 29.9 Å². The lowest BCUT2D eigenvalue weighted by Crippen LogP contribution is -2.34. The Morgan fingerprint density at radius 1 is 1.45 bits per heavy atom. The van der Waals surface area contributed by atoms with Crippen LogP contribution in [0.15, 0.2) is 30.5 Å². The summed E-state index contributed by atoms with van der Waals surface area (Å²) in [5.41, 5.74) is 0.888. The lowest BCUT2D eigenvalue weighted by molar-refractivity contribution is 0.0867. The van der Waals surface area contributed by atoms with Crippen molar-refractivity contribution in [2.45, 2.75) is 26.5 Å². The van der Waals surface area contributed by atoms with Gasteiger partial charge in [0.1, 0.15) is 5.82 Å². The Morgan fingerprint density at radius 3 is 2.91 bits per heavy atom. The molecule has 0 aliphatic carbocycles. The van der Waals surface area contributed by atoms with Gasteiger partial charge in [-0.1, -0.05) is 31.2 Å². The van der Waals surface area contributed by atoms with E-state index in [0.29, 0.717) is 6.54 Å². The Hall–Kier alpha value is -2.28. The average Bonchev–Trinajstić information content (AvgIpc) is 2.92. The van der Waals surface area contributed by atoms with Crippen LogP contribution in [0.2, 0.25) is 0 Å². The second-order valence-corrected chi connectivity index (χ2v) is 5.45. The molecule has 1 heterocycles. The van der Waals surface area contributed by atoms with Crippen molar-refractivity contribution < 1.29 is 14.3 Å². The molecule has 0 aliphatic heterocycles. The summed E-state index contributed by atoms with van der Waals surface area (Å²) >= 11 is 0. The molecule has 0 radical (unpaired) electrons. The summed E-state index contributed by atoms with van der Waals surface area (Å²) in [5, 5.41) is 19.9. The summed E-state index contributed by atoms with van der Waals surface area (Å²) in [7, 11) is 0. The molecule has 1 aromatic heterocycles. The largest absolute Gasteiger partial charge is 0.391 e. The van der Waals surface area contributed by atoms with Crippen molar-refractivity contribution in [1.29, 1.82) is 0 Å². The van der Waals surface area contributed by atoms with Gasteiger partial charge in [0.25, 0.3) is 5.91 Å². The predicted octanol–water partition coefficient (Wildman–Crippen LogP) is 1.21. The molecule has 0 saturated heterocycles. The van der Waals surface area contributed by atoms with Crippen molar-refractivity contribution >= 4 is 5.91 Å². The topological polar surface area (TPSA) is 80.0 Å². The van der Waals surface area contributed by atoms with Crippen LogP contribution >= 0.6 is 0 Å². The first-order valence-electron chi connectivity index (χ1n) is 7.06. The van der Waals surface area contributed by atoms with Crippen molar-refractivity contribution in [2.24, 2.45) is 5.92 Å². The number of aliphatic hydroxyl groups is 1. The molecule has 0 aliphatic rings. The van der Waals surface area contributed by atoms with Crippen LogP contribution in [0, 0.1) is 11.7 Å². The summed E-state index contributed by atoms with van der Waals surface area (Å²) in [4.78, 5) is 11.9. The number of halogens is 1. The number of amides is 1. The number of aromatic nitrogens is 3. The van der Waals surface area contributed by atoms with Crippen molar-refractivity contribution in [3.8, 4) is 0 Å². The van der Waals surface area contributed by atoms with Gasteiger partial charge in [0.05, 0.1) is 18.8 Å². The molecule has 118 valence electrons. The van der Waals surface area contributed by atoms with E-state index in [1.54, 1.807) is 12.1 Å². The van der Waals surface area contributed by atoms with Crippen LogP contribution in [0.4, 0.5) is 4.39 Å². The van der Waals surface area contributed by atoms with Crippen molar-refractivity contribution in [1.82, 2.24) is 20.3 Å². The summed E-state index contributed by atoms with van der Waals surface area (Å²) in [6.45, 7) is 4.22. The highest BCUT2D eigenvalue weighted by Crippen LogP contribution is 2.06. The van der Waals surface area contributed by atoms with Gasteiger partial charge < -0.3 is 10.4 Å². The maximum atomic E-state index is 13.1. The minimum absolute atomic E-state index is 0.0592. The first-order chi connectivity index (χ1) is 10.5. The molecule has 1 amide bonds. The molecule has 6 nitrogen and oxygen atoms in total. The first kappa shape index (κ1) is 16.1. The lowest BCUT2D eigenvalue weighted by Gasteiger charge is -2.14. The number of hydrogen-bond acceptors (Lipinski definition) is 4. The Kier molecular flexibility index (Phi) is 5.21. The quantitative estimate of drug-likeness (QED) is 0.841. The van der Waals surface area contributed by atoms with Crippen molar-refractivity contribution in [3.63, 3.8) is 0 Å². The molecule has 1 unspecified atom stereocenters. The van der Waals surface area contributed by atoms with Crippen LogP contribution < -0.4 is 5.32 Å². The van der Waals surface area contributed by atoms with Crippen LogP contribution in [-0.4, -0.2) is 38.7 Å². The molecule has 0 fully saturated rings. The van der Waals surface area contributed by atoms with Gasteiger partial charge in [-0.3, -0.25) is 4.79 Å². The zero-order chi connectivity index (χ0) is 16.1. The summed E-state index contributed by atoms with van der Waals surface area (Å²) in [5.74, 6) is -0.660. The number of hydrogen-bond donors (Lipinski definition) is 2. The molecule has 0 spiro atoms. The number of nitrogens with zero attached hydrogens (tertiary/aromatic N) is 3. The van der Waals surface area contributed by atoms with E-state index in [-0.39, 0.29) is 24.0 Å². The second-order valence-electron chi connectivity index (χ2n) is 5.45. The molecule has 2 rings (SSSR count). The third kappa shape index (κ3) is 4.36. The van der Waals surface area contributed by atoms with Crippen LogP contribution in [0.3, 0.4) is 0 Å². The number of aliphatic hydroxyl groups excluding tert-OH is 1. The Labute approximate surface area is 128 Å². The normalized spacial score (nSPS) is 12.4. The van der Waals surface area contributed by atoms with E-state index in [0.717, 1.165) is 5.56 Å². The minimum Gasteiger partial charge on any atom is -0.391 e. The highest BCUT2D eigenvalue weighted by molar-refractivity contribution is 5.91. The molecular weight excluding hydrogens is 287 g/mol. The van der Waals surface area contributed by atoms with E-state index in [4.69, 9.17) is 0 Å². The van der Waals surface area contributed by atoms with Gasteiger partial charge in [0.15, 0.2) is 5.69 Å². The average molecular weight is 306 g/mol. The Morgan fingerprint density at radius 2 is 2.23 bits per heavy atom. The van der Waals surface area contributed by atoms with Gasteiger partial charge >= 0.3 is 0 Å². The van der Waals surface area contributed by atoms with Crippen molar-refractivity contribution in [2.75, 3.05) is 6.54 Å². The molecular formula is C15H19FN4O2. The Bertz CT molecular complexity index is 642. The van der Waals surface area contributed by atoms with E-state index >= 15 is 0 Å². The monoisotopic (exact) mass is 306 g/mol. The molecule has 2 aromatic rings. The van der Waals surface area contributed by atoms with E-state index in [1.807, 2.05) is 13.8 Å². The first-order valence-corrected chi connectivity index (χ1v) is 7.06. The summed E-state index contributed by atoms with van der Waals surface area (Å²) in [6.07, 6.45) is 0.883. The molecule has 0 bridgehead atoms. The van der Waals surface area contributed by atoms with Crippen LogP contribution in [-0.2, 0) is 6.54 Å². The van der Waals surface area contributed by atoms with Gasteiger partial charge in [-0.2, -0.15) is 0 Å². The standard InChI is InChI=1S/C15H19FN4O2/c1-10(2)14(21)7-17-15(22)13-9-20(19-18-13)8-11-4-3-5-12(16)6-11/h3-6,9-10,14,21H,7-8H2,1-2H3,(H,17,22). The van der Waals surface area contributed by atoms with Crippen LogP contribution in [0.25, 0.3) is 0 Å². The van der Waals surface area contributed by atoms with E-state index in [2.05, 4.69) is 15.6 Å². The maximum Gasteiger partial charge on any atom is 0.273 e. The molecule has 7 heteroatoms. The van der Waals surface area contributed by atoms with E-state index in [1.165, 1.54) is 23.0 Å². The summed E-state index contributed by atoms with van der Waals surface area (Å²) in [6, 6.07) is 6.15. The van der Waals surface area contributed by atoms with Crippen molar-refractivity contribution in [3.05, 3.63) is 47.5 Å². The molecule has 22 heavy (non-hydrogen) atoms. The van der Waals surface area contributed by atoms with Gasteiger partial charge in [-0.15, -0.1) is 5.10 Å². The zero-order valence-corrected chi connectivity index (χ0v) is 12.5. The Balaban J connectivity index is 1.94. The fraction of sp³-hybridized carbons (Fsp3) is 0.400. The highest BCUT2D eigenvalue weighted by Gasteiger charge is 2.14. The number of benzene rings is 1. The van der Waals surface area contributed by atoms with Gasteiger partial charge in [0.2, 0.25) is 0 Å². The van der Waals surface area contributed by atoms with Gasteiger partial charge in [0, 0.05) is 6.54 Å². The van der Waals surface area contributed by atoms with Gasteiger partial charge in [-0.05, 0) is 23.6 Å². The predicted molar refractivity (Wildman–Crippen MR) is 78.7 cm³/mol. The number of carbonyl (C=O) groups is 1.